The van der Waals surface area contributed by atoms with Crippen LogP contribution in [0.5, 0.6) is 5.88 Å². The van der Waals surface area contributed by atoms with Crippen LogP contribution in [-0.2, 0) is 6.54 Å². The van der Waals surface area contributed by atoms with Gasteiger partial charge in [-0.15, -0.1) is 0 Å². The number of halogens is 1. The van der Waals surface area contributed by atoms with E-state index in [1.807, 2.05) is 13.8 Å². The van der Waals surface area contributed by atoms with Crippen LogP contribution in [0.2, 0.25) is 0 Å². The van der Waals surface area contributed by atoms with Crippen molar-refractivity contribution in [3.05, 3.63) is 35.6 Å². The van der Waals surface area contributed by atoms with E-state index in [0.717, 1.165) is 5.56 Å². The number of benzene rings is 1. The van der Waals surface area contributed by atoms with Crippen LogP contribution in [-0.4, -0.2) is 28.1 Å². The molecule has 1 aromatic carbocycles. The van der Waals surface area contributed by atoms with E-state index in [1.54, 1.807) is 22.9 Å². The predicted molar refractivity (Wildman–Crippen MR) is 77.8 cm³/mol. The van der Waals surface area contributed by atoms with Gasteiger partial charge in [0.1, 0.15) is 11.5 Å². The second kappa shape index (κ2) is 5.48. The lowest BCUT2D eigenvalue weighted by Crippen LogP contribution is -2.28. The van der Waals surface area contributed by atoms with Gasteiger partial charge < -0.3 is 9.84 Å². The van der Waals surface area contributed by atoms with Gasteiger partial charge in [-0.25, -0.2) is 9.07 Å². The fourth-order valence-corrected chi connectivity index (χ4v) is 2.71. The minimum absolute atomic E-state index is 0.0332. The predicted octanol–water partition coefficient (Wildman–Crippen LogP) is 2.81. The smallest absolute Gasteiger partial charge is 0.215 e. The van der Waals surface area contributed by atoms with Crippen LogP contribution in [0.3, 0.4) is 0 Å². The molecule has 2 heterocycles. The van der Waals surface area contributed by atoms with Gasteiger partial charge in [-0.2, -0.15) is 5.10 Å². The monoisotopic (exact) mass is 290 g/mol. The summed E-state index contributed by atoms with van der Waals surface area (Å²) in [6, 6.07) is 6.65. The number of aromatic nitrogens is 2. The molecule has 1 atom stereocenters. The lowest BCUT2D eigenvalue weighted by atomic mass is 9.98. The van der Waals surface area contributed by atoms with Crippen molar-refractivity contribution in [3.8, 4) is 17.1 Å². The lowest BCUT2D eigenvalue weighted by Gasteiger charge is -2.23. The van der Waals surface area contributed by atoms with Crippen LogP contribution in [0.1, 0.15) is 25.3 Å². The molecule has 0 amide bonds. The summed E-state index contributed by atoms with van der Waals surface area (Å²) in [6.07, 6.45) is 0. The van der Waals surface area contributed by atoms with Gasteiger partial charge in [0.05, 0.1) is 19.8 Å². The molecule has 1 aliphatic heterocycles. The second-order valence-corrected chi connectivity index (χ2v) is 5.74. The van der Waals surface area contributed by atoms with Crippen molar-refractivity contribution in [2.24, 2.45) is 5.92 Å². The molecule has 0 aliphatic carbocycles. The molecule has 0 radical (unpaired) electrons. The van der Waals surface area contributed by atoms with Crippen molar-refractivity contribution in [1.29, 1.82) is 0 Å². The molecule has 1 aromatic heterocycles. The zero-order valence-corrected chi connectivity index (χ0v) is 12.2. The van der Waals surface area contributed by atoms with Crippen molar-refractivity contribution in [3.63, 3.8) is 0 Å². The lowest BCUT2D eigenvalue weighted by molar-refractivity contribution is 0.107. The zero-order chi connectivity index (χ0) is 15.0. The van der Waals surface area contributed by atoms with Crippen molar-refractivity contribution < 1.29 is 14.2 Å². The number of hydrogen-bond acceptors (Lipinski definition) is 3. The second-order valence-electron chi connectivity index (χ2n) is 5.74. The Morgan fingerprint density at radius 1 is 1.43 bits per heavy atom. The van der Waals surface area contributed by atoms with Gasteiger partial charge in [0.15, 0.2) is 0 Å². The molecule has 3 rings (SSSR count). The molecular formula is C16H19FN2O2. The first kappa shape index (κ1) is 14.1. The quantitative estimate of drug-likeness (QED) is 0.945. The molecule has 1 aliphatic rings. The molecule has 0 saturated heterocycles. The topological polar surface area (TPSA) is 47.3 Å². The maximum absolute atomic E-state index is 14.1. The van der Waals surface area contributed by atoms with E-state index in [-0.39, 0.29) is 24.3 Å². The fourth-order valence-electron chi connectivity index (χ4n) is 2.71. The first-order chi connectivity index (χ1) is 10.1. The average Bonchev–Trinajstić information content (AvgIpc) is 2.85. The number of rotatable bonds is 3. The summed E-state index contributed by atoms with van der Waals surface area (Å²) in [4.78, 5) is 0. The molecule has 1 unspecified atom stereocenters. The number of nitrogens with zero attached hydrogens (tertiary/aromatic N) is 2. The zero-order valence-electron chi connectivity index (χ0n) is 12.2. The normalized spacial score (nSPS) is 17.7. The summed E-state index contributed by atoms with van der Waals surface area (Å²) in [5.41, 5.74) is 2.06. The van der Waals surface area contributed by atoms with E-state index in [1.165, 1.54) is 6.07 Å². The maximum Gasteiger partial charge on any atom is 0.215 e. The van der Waals surface area contributed by atoms with Crippen molar-refractivity contribution in [1.82, 2.24) is 9.78 Å². The molecule has 0 fully saturated rings. The number of aliphatic hydroxyl groups is 1. The van der Waals surface area contributed by atoms with E-state index in [4.69, 9.17) is 4.74 Å². The largest absolute Gasteiger partial charge is 0.477 e. The molecule has 0 spiro atoms. The number of ether oxygens (including phenoxy) is 1. The number of aliphatic hydroxyl groups excluding tert-OH is 1. The highest BCUT2D eigenvalue weighted by molar-refractivity contribution is 5.67. The van der Waals surface area contributed by atoms with E-state index in [0.29, 0.717) is 30.3 Å². The summed E-state index contributed by atoms with van der Waals surface area (Å²) in [5, 5.41) is 13.8. The third kappa shape index (κ3) is 2.42. The first-order valence-electron chi connectivity index (χ1n) is 7.21. The van der Waals surface area contributed by atoms with Crippen LogP contribution in [0.15, 0.2) is 24.3 Å². The number of fused-ring (bicyclic) bond motifs is 1. The molecule has 1 N–H and O–H groups in total. The highest BCUT2D eigenvalue weighted by atomic mass is 19.1. The summed E-state index contributed by atoms with van der Waals surface area (Å²) in [7, 11) is 0. The Morgan fingerprint density at radius 3 is 2.86 bits per heavy atom. The van der Waals surface area contributed by atoms with Crippen LogP contribution >= 0.6 is 0 Å². The minimum atomic E-state index is -0.284. The molecule has 5 heteroatoms. The summed E-state index contributed by atoms with van der Waals surface area (Å²) in [6.45, 7) is 5.22. The van der Waals surface area contributed by atoms with E-state index < -0.39 is 0 Å². The standard InChI is InChI=1S/C16H19FN2O2/c1-10(2)14-15(12-5-3-4-6-13(12)17)18-19-7-11(8-20)9-21-16(14)19/h3-6,10-11,20H,7-9H2,1-2H3. The Hall–Kier alpha value is -1.88. The van der Waals surface area contributed by atoms with Crippen molar-refractivity contribution in [2.45, 2.75) is 26.3 Å². The van der Waals surface area contributed by atoms with Crippen LogP contribution in [0.4, 0.5) is 4.39 Å². The molecule has 0 saturated carbocycles. The van der Waals surface area contributed by atoms with E-state index in [9.17, 15) is 9.50 Å². The first-order valence-corrected chi connectivity index (χ1v) is 7.21. The van der Waals surface area contributed by atoms with Gasteiger partial charge >= 0.3 is 0 Å². The third-order valence-corrected chi connectivity index (χ3v) is 3.79. The van der Waals surface area contributed by atoms with Crippen LogP contribution in [0, 0.1) is 11.7 Å². The third-order valence-electron chi connectivity index (χ3n) is 3.79. The Bertz CT molecular complexity index is 652. The van der Waals surface area contributed by atoms with Gasteiger partial charge in [0, 0.05) is 17.0 Å². The van der Waals surface area contributed by atoms with Gasteiger partial charge in [0.2, 0.25) is 5.88 Å². The minimum Gasteiger partial charge on any atom is -0.477 e. The van der Waals surface area contributed by atoms with Crippen molar-refractivity contribution in [2.75, 3.05) is 13.2 Å². The molecule has 21 heavy (non-hydrogen) atoms. The highest BCUT2D eigenvalue weighted by Gasteiger charge is 2.29. The van der Waals surface area contributed by atoms with Gasteiger partial charge in [0.25, 0.3) is 0 Å². The SMILES string of the molecule is CC(C)c1c(-c2ccccc2F)nn2c1OCC(CO)C2. The van der Waals surface area contributed by atoms with Gasteiger partial charge in [-0.3, -0.25) is 0 Å². The molecule has 0 bridgehead atoms. The Kier molecular flexibility index (Phi) is 3.68. The van der Waals surface area contributed by atoms with Gasteiger partial charge in [-0.1, -0.05) is 26.0 Å². The van der Waals surface area contributed by atoms with E-state index >= 15 is 0 Å². The molecule has 4 nitrogen and oxygen atoms in total. The maximum atomic E-state index is 14.1. The molecule has 2 aromatic rings. The van der Waals surface area contributed by atoms with Gasteiger partial charge in [-0.05, 0) is 18.1 Å². The van der Waals surface area contributed by atoms with Crippen LogP contribution < -0.4 is 4.74 Å². The summed E-state index contributed by atoms with van der Waals surface area (Å²) >= 11 is 0. The van der Waals surface area contributed by atoms with E-state index in [2.05, 4.69) is 5.10 Å². The average molecular weight is 290 g/mol. The molecular weight excluding hydrogens is 271 g/mol. The highest BCUT2D eigenvalue weighted by Crippen LogP contribution is 2.38. The molecule has 112 valence electrons. The van der Waals surface area contributed by atoms with Crippen molar-refractivity contribution >= 4 is 0 Å². The Morgan fingerprint density at radius 2 is 2.19 bits per heavy atom. The summed E-state index contributed by atoms with van der Waals surface area (Å²) in [5.74, 6) is 0.626. The van der Waals surface area contributed by atoms with Crippen LogP contribution in [0.25, 0.3) is 11.3 Å². The summed E-state index contributed by atoms with van der Waals surface area (Å²) < 4.78 is 21.6. The Labute approximate surface area is 123 Å². The Balaban J connectivity index is 2.14. The fraction of sp³-hybridized carbons (Fsp3) is 0.438. The number of hydrogen-bond donors (Lipinski definition) is 1.